The lowest BCUT2D eigenvalue weighted by atomic mass is 10.1. The Hall–Kier alpha value is -1.83. The molecule has 0 radical (unpaired) electrons. The molecule has 0 aromatic heterocycles. The Bertz CT molecular complexity index is 417. The number of aliphatic carboxylic acids is 1. The summed E-state index contributed by atoms with van der Waals surface area (Å²) in [5, 5.41) is 8.96. The standard InChI is InChI=1S/C13H22N2O6/c1-13(2,3)15(8-10(16)17)12(19)14-5-6-21-9(7-14)11(18)20-4/h9H,5-8H2,1-4H3,(H,16,17). The quantitative estimate of drug-likeness (QED) is 0.746. The Balaban J connectivity index is 2.83. The highest BCUT2D eigenvalue weighted by molar-refractivity contribution is 5.82. The van der Waals surface area contributed by atoms with Crippen LogP contribution in [-0.2, 0) is 19.1 Å². The summed E-state index contributed by atoms with van der Waals surface area (Å²) < 4.78 is 9.85. The molecular formula is C13H22N2O6. The zero-order chi connectivity index (χ0) is 16.2. The van der Waals surface area contributed by atoms with Crippen molar-refractivity contribution in [3.8, 4) is 0 Å². The third-order valence-corrected chi connectivity index (χ3v) is 3.14. The van der Waals surface area contributed by atoms with E-state index in [0.717, 1.165) is 0 Å². The Morgan fingerprint density at radius 2 is 2.00 bits per heavy atom. The topological polar surface area (TPSA) is 96.4 Å². The van der Waals surface area contributed by atoms with Gasteiger partial charge in [0.25, 0.3) is 0 Å². The number of rotatable bonds is 3. The van der Waals surface area contributed by atoms with Gasteiger partial charge in [-0.15, -0.1) is 0 Å². The molecule has 1 N–H and O–H groups in total. The molecule has 0 saturated carbocycles. The van der Waals surface area contributed by atoms with Crippen LogP contribution in [0.15, 0.2) is 0 Å². The summed E-state index contributed by atoms with van der Waals surface area (Å²) in [6, 6.07) is -0.429. The van der Waals surface area contributed by atoms with Gasteiger partial charge in [-0.25, -0.2) is 9.59 Å². The summed E-state index contributed by atoms with van der Waals surface area (Å²) in [6.07, 6.45) is -0.834. The van der Waals surface area contributed by atoms with E-state index < -0.39 is 36.2 Å². The number of amides is 2. The number of ether oxygens (including phenoxy) is 2. The molecule has 120 valence electrons. The minimum absolute atomic E-state index is 0.0533. The van der Waals surface area contributed by atoms with Crippen LogP contribution in [-0.4, -0.2) is 77.9 Å². The van der Waals surface area contributed by atoms with Gasteiger partial charge in [-0.3, -0.25) is 4.79 Å². The fraction of sp³-hybridized carbons (Fsp3) is 0.769. The van der Waals surface area contributed by atoms with Gasteiger partial charge in [0.05, 0.1) is 20.3 Å². The summed E-state index contributed by atoms with van der Waals surface area (Å²) in [5.41, 5.74) is -0.644. The van der Waals surface area contributed by atoms with Crippen LogP contribution in [0, 0.1) is 0 Å². The number of carboxylic acid groups (broad SMARTS) is 1. The molecule has 1 aliphatic rings. The van der Waals surface area contributed by atoms with E-state index in [0.29, 0.717) is 6.54 Å². The molecule has 1 aliphatic heterocycles. The second-order valence-corrected chi connectivity index (χ2v) is 5.76. The fourth-order valence-corrected chi connectivity index (χ4v) is 1.99. The molecule has 1 heterocycles. The molecule has 0 aliphatic carbocycles. The number of esters is 1. The SMILES string of the molecule is COC(=O)C1CN(C(=O)N(CC(=O)O)C(C)(C)C)CCO1. The second kappa shape index (κ2) is 6.75. The van der Waals surface area contributed by atoms with Gasteiger partial charge in [-0.1, -0.05) is 0 Å². The molecule has 1 atom stereocenters. The number of carbonyl (C=O) groups is 3. The van der Waals surface area contributed by atoms with Crippen LogP contribution in [0.1, 0.15) is 20.8 Å². The summed E-state index contributed by atoms with van der Waals surface area (Å²) in [6.45, 7) is 5.43. The van der Waals surface area contributed by atoms with E-state index in [9.17, 15) is 14.4 Å². The summed E-state index contributed by atoms with van der Waals surface area (Å²) >= 11 is 0. The number of morpholine rings is 1. The van der Waals surface area contributed by atoms with Crippen molar-refractivity contribution in [2.45, 2.75) is 32.4 Å². The van der Waals surface area contributed by atoms with Crippen molar-refractivity contribution in [3.05, 3.63) is 0 Å². The Kier molecular flexibility index (Phi) is 5.54. The van der Waals surface area contributed by atoms with E-state index in [2.05, 4.69) is 4.74 Å². The average molecular weight is 302 g/mol. The average Bonchev–Trinajstić information content (AvgIpc) is 2.42. The normalized spacial score (nSPS) is 19.0. The number of nitrogens with zero attached hydrogens (tertiary/aromatic N) is 2. The van der Waals surface area contributed by atoms with Crippen LogP contribution < -0.4 is 0 Å². The van der Waals surface area contributed by atoms with Gasteiger partial charge >= 0.3 is 18.0 Å². The van der Waals surface area contributed by atoms with Crippen LogP contribution in [0.5, 0.6) is 0 Å². The molecule has 0 aromatic rings. The molecule has 1 saturated heterocycles. The minimum atomic E-state index is -1.09. The highest BCUT2D eigenvalue weighted by atomic mass is 16.6. The summed E-state index contributed by atoms with van der Waals surface area (Å²) in [7, 11) is 1.25. The van der Waals surface area contributed by atoms with Crippen molar-refractivity contribution in [2.24, 2.45) is 0 Å². The van der Waals surface area contributed by atoms with Crippen LogP contribution in [0.3, 0.4) is 0 Å². The van der Waals surface area contributed by atoms with Crippen molar-refractivity contribution < 1.29 is 29.0 Å². The molecule has 1 rings (SSSR count). The van der Waals surface area contributed by atoms with Crippen LogP contribution in [0.2, 0.25) is 0 Å². The first-order valence-corrected chi connectivity index (χ1v) is 6.64. The lowest BCUT2D eigenvalue weighted by Gasteiger charge is -2.40. The first-order valence-electron chi connectivity index (χ1n) is 6.64. The van der Waals surface area contributed by atoms with Crippen molar-refractivity contribution in [1.29, 1.82) is 0 Å². The van der Waals surface area contributed by atoms with Crippen LogP contribution in [0.25, 0.3) is 0 Å². The molecule has 2 amide bonds. The van der Waals surface area contributed by atoms with E-state index in [1.165, 1.54) is 16.9 Å². The molecular weight excluding hydrogens is 280 g/mol. The number of carbonyl (C=O) groups excluding carboxylic acids is 2. The van der Waals surface area contributed by atoms with Gasteiger partial charge in [-0.2, -0.15) is 0 Å². The maximum atomic E-state index is 12.5. The maximum absolute atomic E-state index is 12.5. The van der Waals surface area contributed by atoms with Gasteiger partial charge in [0, 0.05) is 12.1 Å². The molecule has 1 unspecified atom stereocenters. The first kappa shape index (κ1) is 17.2. The van der Waals surface area contributed by atoms with E-state index in [1.807, 2.05) is 0 Å². The first-order chi connectivity index (χ1) is 9.66. The number of hydrogen-bond acceptors (Lipinski definition) is 5. The minimum Gasteiger partial charge on any atom is -0.480 e. The van der Waals surface area contributed by atoms with E-state index in [1.54, 1.807) is 20.8 Å². The van der Waals surface area contributed by atoms with Crippen molar-refractivity contribution in [2.75, 3.05) is 33.4 Å². The van der Waals surface area contributed by atoms with Crippen molar-refractivity contribution in [3.63, 3.8) is 0 Å². The molecule has 8 nitrogen and oxygen atoms in total. The lowest BCUT2D eigenvalue weighted by molar-refractivity contribution is -0.158. The van der Waals surface area contributed by atoms with Crippen molar-refractivity contribution >= 4 is 18.0 Å². The van der Waals surface area contributed by atoms with Gasteiger partial charge in [0.15, 0.2) is 6.10 Å². The Morgan fingerprint density at radius 3 is 2.48 bits per heavy atom. The van der Waals surface area contributed by atoms with Gasteiger partial charge in [0.2, 0.25) is 0 Å². The van der Waals surface area contributed by atoms with Crippen molar-refractivity contribution in [1.82, 2.24) is 9.80 Å². The highest BCUT2D eigenvalue weighted by Gasteiger charge is 2.36. The third-order valence-electron chi connectivity index (χ3n) is 3.14. The molecule has 21 heavy (non-hydrogen) atoms. The monoisotopic (exact) mass is 302 g/mol. The van der Waals surface area contributed by atoms with Crippen LogP contribution in [0.4, 0.5) is 4.79 Å². The predicted octanol–water partition coefficient (Wildman–Crippen LogP) is 0.165. The molecule has 0 aromatic carbocycles. The second-order valence-electron chi connectivity index (χ2n) is 5.76. The summed E-state index contributed by atoms with van der Waals surface area (Å²) in [5.74, 6) is -1.64. The molecule has 0 bridgehead atoms. The zero-order valence-electron chi connectivity index (χ0n) is 12.8. The maximum Gasteiger partial charge on any atom is 0.336 e. The number of carboxylic acids is 1. The van der Waals surface area contributed by atoms with Gasteiger partial charge in [0.1, 0.15) is 6.54 Å². The fourth-order valence-electron chi connectivity index (χ4n) is 1.99. The van der Waals surface area contributed by atoms with Gasteiger partial charge in [-0.05, 0) is 20.8 Å². The number of hydrogen-bond donors (Lipinski definition) is 1. The molecule has 8 heteroatoms. The van der Waals surface area contributed by atoms with Crippen LogP contribution >= 0.6 is 0 Å². The lowest BCUT2D eigenvalue weighted by Crippen LogP contribution is -2.58. The Labute approximate surface area is 123 Å². The van der Waals surface area contributed by atoms with Gasteiger partial charge < -0.3 is 24.4 Å². The van der Waals surface area contributed by atoms with E-state index >= 15 is 0 Å². The smallest absolute Gasteiger partial charge is 0.336 e. The van der Waals surface area contributed by atoms with E-state index in [-0.39, 0.29) is 13.2 Å². The zero-order valence-corrected chi connectivity index (χ0v) is 12.8. The molecule has 0 spiro atoms. The highest BCUT2D eigenvalue weighted by Crippen LogP contribution is 2.18. The summed E-state index contributed by atoms with van der Waals surface area (Å²) in [4.78, 5) is 37.6. The number of urea groups is 1. The third kappa shape index (κ3) is 4.59. The van der Waals surface area contributed by atoms with E-state index in [4.69, 9.17) is 9.84 Å². The Morgan fingerprint density at radius 1 is 1.38 bits per heavy atom. The largest absolute Gasteiger partial charge is 0.480 e. The predicted molar refractivity (Wildman–Crippen MR) is 72.8 cm³/mol. The molecule has 1 fully saturated rings. The number of methoxy groups -OCH3 is 1.